The molecule has 2 rings (SSSR count). The van der Waals surface area contributed by atoms with E-state index >= 15 is 0 Å². The molecule has 1 aromatic heterocycles. The van der Waals surface area contributed by atoms with Gasteiger partial charge >= 0.3 is 0 Å². The summed E-state index contributed by atoms with van der Waals surface area (Å²) >= 11 is 0. The van der Waals surface area contributed by atoms with Crippen molar-refractivity contribution in [3.05, 3.63) is 41.1 Å². The van der Waals surface area contributed by atoms with E-state index in [1.54, 1.807) is 12.1 Å². The molecule has 6 heteroatoms. The number of H-pyrrole nitrogens is 1. The maximum atomic E-state index is 11.9. The molecule has 0 aliphatic carbocycles. The highest BCUT2D eigenvalue weighted by molar-refractivity contribution is 6.04. The van der Waals surface area contributed by atoms with Crippen LogP contribution < -0.4 is 11.1 Å². The molecular formula is C12H11N5O. The van der Waals surface area contributed by atoms with Gasteiger partial charge in [-0.15, -0.1) is 0 Å². The maximum absolute atomic E-state index is 11.9. The van der Waals surface area contributed by atoms with E-state index in [0.29, 0.717) is 11.3 Å². The largest absolute Gasteiger partial charge is 0.382 e. The van der Waals surface area contributed by atoms with Gasteiger partial charge in [-0.3, -0.25) is 9.89 Å². The summed E-state index contributed by atoms with van der Waals surface area (Å²) in [6.45, 7) is 1.81. The third kappa shape index (κ3) is 2.15. The lowest BCUT2D eigenvalue weighted by molar-refractivity contribution is 0.102. The molecule has 0 aliphatic heterocycles. The number of nitrogens with two attached hydrogens (primary N) is 1. The van der Waals surface area contributed by atoms with E-state index in [2.05, 4.69) is 21.6 Å². The SMILES string of the molecule is Cc1cccc(NC(=O)c2cc(N)n[nH]2)c1C#N. The molecule has 0 aliphatic rings. The standard InChI is InChI=1S/C12H11N5O/c1-7-3-2-4-9(8(7)6-13)15-12(18)10-5-11(14)17-16-10/h2-5H,1H3,(H,15,18)(H3,14,16,17). The van der Waals surface area contributed by atoms with Crippen LogP contribution in [0.15, 0.2) is 24.3 Å². The molecule has 0 bridgehead atoms. The molecular weight excluding hydrogens is 230 g/mol. The zero-order valence-electron chi connectivity index (χ0n) is 9.69. The fourth-order valence-electron chi connectivity index (χ4n) is 1.56. The summed E-state index contributed by atoms with van der Waals surface area (Å²) in [5.74, 6) is -0.147. The number of rotatable bonds is 2. The molecule has 1 amide bonds. The molecule has 18 heavy (non-hydrogen) atoms. The predicted molar refractivity (Wildman–Crippen MR) is 66.8 cm³/mol. The highest BCUT2D eigenvalue weighted by Crippen LogP contribution is 2.19. The van der Waals surface area contributed by atoms with Crippen molar-refractivity contribution in [3.8, 4) is 6.07 Å². The number of anilines is 2. The number of aryl methyl sites for hydroxylation is 1. The predicted octanol–water partition coefficient (Wildman–Crippen LogP) is 1.42. The number of nitrogen functional groups attached to an aromatic ring is 1. The number of aromatic amines is 1. The van der Waals surface area contributed by atoms with Gasteiger partial charge < -0.3 is 11.1 Å². The van der Waals surface area contributed by atoms with Gasteiger partial charge in [0, 0.05) is 6.07 Å². The summed E-state index contributed by atoms with van der Waals surface area (Å²) < 4.78 is 0. The van der Waals surface area contributed by atoms with Gasteiger partial charge in [0.25, 0.3) is 5.91 Å². The third-order valence-electron chi connectivity index (χ3n) is 2.48. The lowest BCUT2D eigenvalue weighted by Gasteiger charge is -2.07. The van der Waals surface area contributed by atoms with E-state index in [9.17, 15) is 4.79 Å². The molecule has 0 saturated carbocycles. The number of aromatic nitrogens is 2. The molecule has 0 saturated heterocycles. The summed E-state index contributed by atoms with van der Waals surface area (Å²) in [6, 6.07) is 8.74. The molecule has 1 aromatic carbocycles. The number of carbonyl (C=O) groups excluding carboxylic acids is 1. The van der Waals surface area contributed by atoms with Crippen molar-refractivity contribution < 1.29 is 4.79 Å². The smallest absolute Gasteiger partial charge is 0.273 e. The first kappa shape index (κ1) is 11.7. The fourth-order valence-corrected chi connectivity index (χ4v) is 1.56. The van der Waals surface area contributed by atoms with Crippen molar-refractivity contribution in [2.24, 2.45) is 0 Å². The minimum atomic E-state index is -0.388. The molecule has 0 unspecified atom stereocenters. The van der Waals surface area contributed by atoms with Gasteiger partial charge in [-0.25, -0.2) is 0 Å². The number of carbonyl (C=O) groups is 1. The van der Waals surface area contributed by atoms with Gasteiger partial charge in [0.2, 0.25) is 0 Å². The minimum Gasteiger partial charge on any atom is -0.382 e. The van der Waals surface area contributed by atoms with E-state index in [-0.39, 0.29) is 17.4 Å². The van der Waals surface area contributed by atoms with Crippen molar-refractivity contribution >= 4 is 17.4 Å². The van der Waals surface area contributed by atoms with Crippen LogP contribution in [0, 0.1) is 18.3 Å². The Bertz CT molecular complexity index is 638. The van der Waals surface area contributed by atoms with Gasteiger partial charge in [-0.05, 0) is 18.6 Å². The van der Waals surface area contributed by atoms with E-state index in [0.717, 1.165) is 5.56 Å². The lowest BCUT2D eigenvalue weighted by atomic mass is 10.1. The second-order valence-corrected chi connectivity index (χ2v) is 3.77. The fraction of sp³-hybridized carbons (Fsp3) is 0.0833. The van der Waals surface area contributed by atoms with Gasteiger partial charge in [0.15, 0.2) is 0 Å². The quantitative estimate of drug-likeness (QED) is 0.738. The Kier molecular flexibility index (Phi) is 2.98. The number of amides is 1. The average Bonchev–Trinajstić information content (AvgIpc) is 2.76. The number of nitrogens with one attached hydrogen (secondary N) is 2. The molecule has 4 N–H and O–H groups in total. The Morgan fingerprint density at radius 2 is 2.33 bits per heavy atom. The first-order chi connectivity index (χ1) is 8.61. The molecule has 0 atom stereocenters. The van der Waals surface area contributed by atoms with Crippen LogP contribution in [0.1, 0.15) is 21.6 Å². The van der Waals surface area contributed by atoms with Gasteiger partial charge in [0.1, 0.15) is 17.6 Å². The van der Waals surface area contributed by atoms with Crippen LogP contribution >= 0.6 is 0 Å². The second-order valence-electron chi connectivity index (χ2n) is 3.77. The molecule has 1 heterocycles. The third-order valence-corrected chi connectivity index (χ3v) is 2.48. The Hall–Kier alpha value is -2.81. The minimum absolute atomic E-state index is 0.241. The van der Waals surface area contributed by atoms with Crippen LogP contribution in [0.4, 0.5) is 11.5 Å². The number of hydrogen-bond donors (Lipinski definition) is 3. The van der Waals surface area contributed by atoms with E-state index in [4.69, 9.17) is 11.0 Å². The number of nitrogens with zero attached hydrogens (tertiary/aromatic N) is 2. The first-order valence-electron chi connectivity index (χ1n) is 5.23. The van der Waals surface area contributed by atoms with Crippen molar-refractivity contribution in [1.82, 2.24) is 10.2 Å². The lowest BCUT2D eigenvalue weighted by Crippen LogP contribution is -2.13. The van der Waals surface area contributed by atoms with Crippen molar-refractivity contribution in [3.63, 3.8) is 0 Å². The van der Waals surface area contributed by atoms with E-state index in [1.807, 2.05) is 13.0 Å². The van der Waals surface area contributed by atoms with Crippen LogP contribution in [0.5, 0.6) is 0 Å². The normalized spacial score (nSPS) is 9.78. The summed E-state index contributed by atoms with van der Waals surface area (Å²) in [6.07, 6.45) is 0. The summed E-state index contributed by atoms with van der Waals surface area (Å²) in [5, 5.41) is 17.9. The Morgan fingerprint density at radius 3 is 2.94 bits per heavy atom. The summed E-state index contributed by atoms with van der Waals surface area (Å²) in [4.78, 5) is 11.9. The zero-order chi connectivity index (χ0) is 13.1. The molecule has 0 fully saturated rings. The van der Waals surface area contributed by atoms with Crippen molar-refractivity contribution in [2.75, 3.05) is 11.1 Å². The van der Waals surface area contributed by atoms with Gasteiger partial charge in [0.05, 0.1) is 11.3 Å². The Labute approximate surface area is 103 Å². The molecule has 6 nitrogen and oxygen atoms in total. The van der Waals surface area contributed by atoms with Gasteiger partial charge in [-0.2, -0.15) is 10.4 Å². The van der Waals surface area contributed by atoms with Crippen molar-refractivity contribution in [2.45, 2.75) is 6.92 Å². The zero-order valence-corrected chi connectivity index (χ0v) is 9.69. The van der Waals surface area contributed by atoms with Crippen LogP contribution in [-0.4, -0.2) is 16.1 Å². The topological polar surface area (TPSA) is 108 Å². The van der Waals surface area contributed by atoms with Crippen molar-refractivity contribution in [1.29, 1.82) is 5.26 Å². The summed E-state index contributed by atoms with van der Waals surface area (Å²) in [7, 11) is 0. The molecule has 0 spiro atoms. The highest BCUT2D eigenvalue weighted by Gasteiger charge is 2.12. The highest BCUT2D eigenvalue weighted by atomic mass is 16.1. The van der Waals surface area contributed by atoms with Crippen LogP contribution in [0.25, 0.3) is 0 Å². The monoisotopic (exact) mass is 241 g/mol. The van der Waals surface area contributed by atoms with Crippen LogP contribution in [0.2, 0.25) is 0 Å². The number of nitriles is 1. The number of hydrogen-bond acceptors (Lipinski definition) is 4. The summed E-state index contributed by atoms with van der Waals surface area (Å²) in [5.41, 5.74) is 7.38. The first-order valence-corrected chi connectivity index (χ1v) is 5.23. The van der Waals surface area contributed by atoms with Crippen LogP contribution in [-0.2, 0) is 0 Å². The molecule has 2 aromatic rings. The second kappa shape index (κ2) is 4.59. The molecule has 0 radical (unpaired) electrons. The Balaban J connectivity index is 2.28. The Morgan fingerprint density at radius 1 is 1.56 bits per heavy atom. The van der Waals surface area contributed by atoms with Crippen LogP contribution in [0.3, 0.4) is 0 Å². The van der Waals surface area contributed by atoms with E-state index < -0.39 is 0 Å². The maximum Gasteiger partial charge on any atom is 0.273 e. The van der Waals surface area contributed by atoms with Gasteiger partial charge in [-0.1, -0.05) is 12.1 Å². The number of benzene rings is 1. The molecule has 90 valence electrons. The van der Waals surface area contributed by atoms with E-state index in [1.165, 1.54) is 6.07 Å². The average molecular weight is 241 g/mol.